The summed E-state index contributed by atoms with van der Waals surface area (Å²) in [5.74, 6) is 1.19. The molecule has 5 nitrogen and oxygen atoms in total. The average Bonchev–Trinajstić information content (AvgIpc) is 2.70. The highest BCUT2D eigenvalue weighted by atomic mass is 16.2. The SMILES string of the molecule is CC1CC(C)CN(C(=O)NCc2ccnn2C)C1. The lowest BCUT2D eigenvalue weighted by atomic mass is 9.92. The minimum Gasteiger partial charge on any atom is -0.332 e. The van der Waals surface area contributed by atoms with Gasteiger partial charge in [-0.2, -0.15) is 5.10 Å². The first-order chi connectivity index (χ1) is 8.56. The van der Waals surface area contributed by atoms with E-state index in [1.54, 1.807) is 10.9 Å². The predicted molar refractivity (Wildman–Crippen MR) is 70.0 cm³/mol. The number of urea groups is 1. The maximum atomic E-state index is 12.1. The molecule has 2 unspecified atom stereocenters. The van der Waals surface area contributed by atoms with Gasteiger partial charge in [0, 0.05) is 26.3 Å². The van der Waals surface area contributed by atoms with E-state index >= 15 is 0 Å². The fourth-order valence-electron chi connectivity index (χ4n) is 2.68. The van der Waals surface area contributed by atoms with Crippen LogP contribution >= 0.6 is 0 Å². The molecule has 2 rings (SSSR count). The van der Waals surface area contributed by atoms with Crippen molar-refractivity contribution in [2.75, 3.05) is 13.1 Å². The van der Waals surface area contributed by atoms with Crippen molar-refractivity contribution in [2.45, 2.75) is 26.8 Å². The molecule has 100 valence electrons. The molecule has 1 aromatic rings. The fraction of sp³-hybridized carbons (Fsp3) is 0.692. The quantitative estimate of drug-likeness (QED) is 0.867. The van der Waals surface area contributed by atoms with Crippen LogP contribution in [0.1, 0.15) is 26.0 Å². The first-order valence-corrected chi connectivity index (χ1v) is 6.56. The van der Waals surface area contributed by atoms with Gasteiger partial charge in [0.2, 0.25) is 0 Å². The summed E-state index contributed by atoms with van der Waals surface area (Å²) in [4.78, 5) is 14.0. The number of rotatable bonds is 2. The van der Waals surface area contributed by atoms with Gasteiger partial charge in [-0.3, -0.25) is 4.68 Å². The first-order valence-electron chi connectivity index (χ1n) is 6.56. The van der Waals surface area contributed by atoms with E-state index in [0.717, 1.165) is 18.8 Å². The van der Waals surface area contributed by atoms with Crippen LogP contribution in [0.15, 0.2) is 12.3 Å². The number of aromatic nitrogens is 2. The molecule has 1 aliphatic heterocycles. The van der Waals surface area contributed by atoms with Crippen LogP contribution < -0.4 is 5.32 Å². The van der Waals surface area contributed by atoms with E-state index in [1.807, 2.05) is 18.0 Å². The maximum Gasteiger partial charge on any atom is 0.317 e. The summed E-state index contributed by atoms with van der Waals surface area (Å²) in [6.45, 7) is 6.67. The molecule has 0 aliphatic carbocycles. The van der Waals surface area contributed by atoms with E-state index in [-0.39, 0.29) is 6.03 Å². The standard InChI is InChI=1S/C13H22N4O/c1-10-6-11(2)9-17(8-10)13(18)14-7-12-4-5-15-16(12)3/h4-5,10-11H,6-9H2,1-3H3,(H,14,18). The zero-order valence-corrected chi connectivity index (χ0v) is 11.4. The van der Waals surface area contributed by atoms with Gasteiger partial charge in [-0.15, -0.1) is 0 Å². The summed E-state index contributed by atoms with van der Waals surface area (Å²) in [7, 11) is 1.88. The van der Waals surface area contributed by atoms with Crippen molar-refractivity contribution in [1.29, 1.82) is 0 Å². The summed E-state index contributed by atoms with van der Waals surface area (Å²) in [5, 5.41) is 7.05. The second-order valence-corrected chi connectivity index (χ2v) is 5.46. The number of amides is 2. The number of piperidine rings is 1. The molecule has 0 bridgehead atoms. The smallest absolute Gasteiger partial charge is 0.317 e. The number of likely N-dealkylation sites (tertiary alicyclic amines) is 1. The average molecular weight is 250 g/mol. The number of nitrogens with zero attached hydrogens (tertiary/aromatic N) is 3. The van der Waals surface area contributed by atoms with Gasteiger partial charge in [0.05, 0.1) is 12.2 Å². The highest BCUT2D eigenvalue weighted by Gasteiger charge is 2.25. The van der Waals surface area contributed by atoms with Crippen molar-refractivity contribution in [3.8, 4) is 0 Å². The Balaban J connectivity index is 1.86. The molecule has 1 aromatic heterocycles. The third kappa shape index (κ3) is 3.03. The van der Waals surface area contributed by atoms with Gasteiger partial charge in [0.25, 0.3) is 0 Å². The zero-order chi connectivity index (χ0) is 13.1. The van der Waals surface area contributed by atoms with E-state index in [9.17, 15) is 4.79 Å². The molecule has 0 spiro atoms. The van der Waals surface area contributed by atoms with E-state index in [2.05, 4.69) is 24.3 Å². The molecule has 0 radical (unpaired) electrons. The molecule has 2 amide bonds. The molecule has 18 heavy (non-hydrogen) atoms. The number of aryl methyl sites for hydroxylation is 1. The summed E-state index contributed by atoms with van der Waals surface area (Å²) in [5.41, 5.74) is 1.02. The van der Waals surface area contributed by atoms with Crippen LogP contribution in [0.5, 0.6) is 0 Å². The molecule has 5 heteroatoms. The van der Waals surface area contributed by atoms with Crippen molar-refractivity contribution >= 4 is 6.03 Å². The Hall–Kier alpha value is -1.52. The van der Waals surface area contributed by atoms with Gasteiger partial charge in [-0.05, 0) is 24.3 Å². The van der Waals surface area contributed by atoms with Crippen LogP contribution in [-0.4, -0.2) is 33.8 Å². The summed E-state index contributed by atoms with van der Waals surface area (Å²) in [6, 6.07) is 1.96. The Bertz CT molecular complexity index is 405. The van der Waals surface area contributed by atoms with Crippen LogP contribution in [0, 0.1) is 11.8 Å². The molecular formula is C13H22N4O. The summed E-state index contributed by atoms with van der Waals surface area (Å²) < 4.78 is 1.78. The molecule has 1 fully saturated rings. The minimum absolute atomic E-state index is 0.0367. The largest absolute Gasteiger partial charge is 0.332 e. The Kier molecular flexibility index (Phi) is 3.89. The van der Waals surface area contributed by atoms with E-state index in [0.29, 0.717) is 18.4 Å². The molecular weight excluding hydrogens is 228 g/mol. The number of carbonyl (C=O) groups is 1. The lowest BCUT2D eigenvalue weighted by Gasteiger charge is -2.34. The lowest BCUT2D eigenvalue weighted by molar-refractivity contribution is 0.145. The summed E-state index contributed by atoms with van der Waals surface area (Å²) >= 11 is 0. The van der Waals surface area contributed by atoms with Gasteiger partial charge in [0.1, 0.15) is 0 Å². The lowest BCUT2D eigenvalue weighted by Crippen LogP contribution is -2.47. The zero-order valence-electron chi connectivity index (χ0n) is 11.4. The Morgan fingerprint density at radius 1 is 1.44 bits per heavy atom. The highest BCUT2D eigenvalue weighted by Crippen LogP contribution is 2.20. The van der Waals surface area contributed by atoms with Crippen LogP contribution in [-0.2, 0) is 13.6 Å². The normalized spacial score (nSPS) is 24.1. The van der Waals surface area contributed by atoms with E-state index in [1.165, 1.54) is 6.42 Å². The molecule has 2 heterocycles. The van der Waals surface area contributed by atoms with Crippen LogP contribution in [0.25, 0.3) is 0 Å². The molecule has 1 aliphatic rings. The van der Waals surface area contributed by atoms with Gasteiger partial charge in [-0.25, -0.2) is 4.79 Å². The number of hydrogen-bond donors (Lipinski definition) is 1. The predicted octanol–water partition coefficient (Wildman–Crippen LogP) is 1.61. The Morgan fingerprint density at radius 3 is 2.67 bits per heavy atom. The second-order valence-electron chi connectivity index (χ2n) is 5.46. The van der Waals surface area contributed by atoms with E-state index < -0.39 is 0 Å². The monoisotopic (exact) mass is 250 g/mol. The van der Waals surface area contributed by atoms with Crippen LogP contribution in [0.3, 0.4) is 0 Å². The maximum absolute atomic E-state index is 12.1. The Labute approximate surface area is 108 Å². The van der Waals surface area contributed by atoms with E-state index in [4.69, 9.17) is 0 Å². The molecule has 0 aromatic carbocycles. The molecule has 1 saturated heterocycles. The first kappa shape index (κ1) is 12.9. The molecule has 0 saturated carbocycles. The van der Waals surface area contributed by atoms with Crippen LogP contribution in [0.2, 0.25) is 0 Å². The highest BCUT2D eigenvalue weighted by molar-refractivity contribution is 5.74. The molecule has 2 atom stereocenters. The third-order valence-corrected chi connectivity index (χ3v) is 3.50. The van der Waals surface area contributed by atoms with Crippen molar-refractivity contribution in [2.24, 2.45) is 18.9 Å². The van der Waals surface area contributed by atoms with Crippen LogP contribution in [0.4, 0.5) is 4.79 Å². The van der Waals surface area contributed by atoms with Gasteiger partial charge >= 0.3 is 6.03 Å². The molecule has 1 N–H and O–H groups in total. The minimum atomic E-state index is 0.0367. The fourth-order valence-corrected chi connectivity index (χ4v) is 2.68. The number of carbonyl (C=O) groups excluding carboxylic acids is 1. The van der Waals surface area contributed by atoms with Crippen molar-refractivity contribution < 1.29 is 4.79 Å². The van der Waals surface area contributed by atoms with Crippen molar-refractivity contribution in [3.63, 3.8) is 0 Å². The van der Waals surface area contributed by atoms with Gasteiger partial charge in [-0.1, -0.05) is 13.8 Å². The topological polar surface area (TPSA) is 50.2 Å². The summed E-state index contributed by atoms with van der Waals surface area (Å²) in [6.07, 6.45) is 2.96. The number of nitrogens with one attached hydrogen (secondary N) is 1. The van der Waals surface area contributed by atoms with Gasteiger partial charge < -0.3 is 10.2 Å². The van der Waals surface area contributed by atoms with Crippen molar-refractivity contribution in [3.05, 3.63) is 18.0 Å². The van der Waals surface area contributed by atoms with Gasteiger partial charge in [0.15, 0.2) is 0 Å². The van der Waals surface area contributed by atoms with Crippen molar-refractivity contribution in [1.82, 2.24) is 20.0 Å². The number of hydrogen-bond acceptors (Lipinski definition) is 2. The second kappa shape index (κ2) is 5.42. The Morgan fingerprint density at radius 2 is 2.11 bits per heavy atom. The third-order valence-electron chi connectivity index (χ3n) is 3.50.